The molecule has 0 bridgehead atoms. The average molecular weight is 449 g/mol. The number of rotatable bonds is 13. The van der Waals surface area contributed by atoms with Crippen LogP contribution in [0.3, 0.4) is 0 Å². The summed E-state index contributed by atoms with van der Waals surface area (Å²) in [5.74, 6) is 0.520. The van der Waals surface area contributed by atoms with E-state index in [4.69, 9.17) is 15.2 Å². The number of nitrogens with two attached hydrogens (primary N) is 1. The Labute approximate surface area is 195 Å². The van der Waals surface area contributed by atoms with Crippen molar-refractivity contribution in [1.29, 1.82) is 0 Å². The summed E-state index contributed by atoms with van der Waals surface area (Å²) in [6.07, 6.45) is 1.16. The van der Waals surface area contributed by atoms with Gasteiger partial charge >= 0.3 is 0 Å². The van der Waals surface area contributed by atoms with Crippen LogP contribution in [0.5, 0.6) is 11.5 Å². The Hall–Kier alpha value is -3.35. The van der Waals surface area contributed by atoms with E-state index in [1.54, 1.807) is 18.2 Å². The normalized spacial score (nSPS) is 12.7. The van der Waals surface area contributed by atoms with Crippen molar-refractivity contribution >= 4 is 5.91 Å². The SMILES string of the molecule is CC(CCc1ccccc1)NCC(O)c1ccc(OCCOc2ccccc2)c(C(N)=O)c1. The van der Waals surface area contributed by atoms with Crippen LogP contribution in [0.2, 0.25) is 0 Å². The molecule has 1 amide bonds. The van der Waals surface area contributed by atoms with Crippen molar-refractivity contribution in [2.75, 3.05) is 19.8 Å². The summed E-state index contributed by atoms with van der Waals surface area (Å²) in [5, 5.41) is 14.0. The van der Waals surface area contributed by atoms with E-state index in [0.717, 1.165) is 18.6 Å². The quantitative estimate of drug-likeness (QED) is 0.345. The maximum absolute atomic E-state index is 12.0. The van der Waals surface area contributed by atoms with Crippen molar-refractivity contribution in [3.05, 3.63) is 95.6 Å². The molecule has 0 fully saturated rings. The zero-order chi connectivity index (χ0) is 23.5. The van der Waals surface area contributed by atoms with Gasteiger partial charge in [-0.05, 0) is 55.2 Å². The molecule has 0 saturated carbocycles. The van der Waals surface area contributed by atoms with Crippen LogP contribution >= 0.6 is 0 Å². The molecule has 174 valence electrons. The Morgan fingerprint density at radius 1 is 0.970 bits per heavy atom. The van der Waals surface area contributed by atoms with E-state index in [-0.39, 0.29) is 18.2 Å². The molecule has 0 aromatic heterocycles. The molecule has 0 aliphatic heterocycles. The van der Waals surface area contributed by atoms with Crippen molar-refractivity contribution in [2.45, 2.75) is 31.9 Å². The predicted octanol–water partition coefficient (Wildman–Crippen LogP) is 3.89. The molecule has 3 aromatic rings. The van der Waals surface area contributed by atoms with Crippen LogP contribution in [-0.4, -0.2) is 36.8 Å². The number of hydrogen-bond acceptors (Lipinski definition) is 5. The zero-order valence-corrected chi connectivity index (χ0v) is 18.9. The molecule has 4 N–H and O–H groups in total. The van der Waals surface area contributed by atoms with Gasteiger partial charge < -0.3 is 25.6 Å². The number of carbonyl (C=O) groups excluding carboxylic acids is 1. The maximum Gasteiger partial charge on any atom is 0.252 e. The standard InChI is InChI=1S/C27H32N2O4/c1-20(12-13-21-8-4-2-5-9-21)29-19-25(30)22-14-15-26(24(18-22)27(28)31)33-17-16-32-23-10-6-3-7-11-23/h2-11,14-15,18,20,25,29-30H,12-13,16-17,19H2,1H3,(H2,28,31). The fourth-order valence-corrected chi connectivity index (χ4v) is 3.46. The lowest BCUT2D eigenvalue weighted by Gasteiger charge is -2.19. The molecule has 0 spiro atoms. The lowest BCUT2D eigenvalue weighted by Crippen LogP contribution is -2.31. The summed E-state index contributed by atoms with van der Waals surface area (Å²) in [6.45, 7) is 3.06. The van der Waals surface area contributed by atoms with E-state index >= 15 is 0 Å². The first kappa shape index (κ1) is 24.3. The first-order chi connectivity index (χ1) is 16.0. The van der Waals surface area contributed by atoms with Gasteiger partial charge in [0.2, 0.25) is 0 Å². The highest BCUT2D eigenvalue weighted by Crippen LogP contribution is 2.23. The lowest BCUT2D eigenvalue weighted by molar-refractivity contribution is 0.0994. The highest BCUT2D eigenvalue weighted by atomic mass is 16.5. The molecule has 0 heterocycles. The fraction of sp³-hybridized carbons (Fsp3) is 0.296. The first-order valence-corrected chi connectivity index (χ1v) is 11.2. The van der Waals surface area contributed by atoms with Gasteiger partial charge in [-0.2, -0.15) is 0 Å². The second-order valence-electron chi connectivity index (χ2n) is 7.98. The molecule has 2 atom stereocenters. The molecule has 3 aromatic carbocycles. The molecule has 6 nitrogen and oxygen atoms in total. The van der Waals surface area contributed by atoms with Gasteiger partial charge in [0.05, 0.1) is 11.7 Å². The number of aliphatic hydroxyl groups excluding tert-OH is 1. The lowest BCUT2D eigenvalue weighted by atomic mass is 10.0. The van der Waals surface area contributed by atoms with Crippen molar-refractivity contribution in [2.24, 2.45) is 5.73 Å². The minimum absolute atomic E-state index is 0.239. The van der Waals surface area contributed by atoms with Crippen LogP contribution in [0.1, 0.15) is 40.9 Å². The molecule has 6 heteroatoms. The molecule has 0 saturated heterocycles. The van der Waals surface area contributed by atoms with Crippen LogP contribution in [0.4, 0.5) is 0 Å². The van der Waals surface area contributed by atoms with Crippen LogP contribution in [0, 0.1) is 0 Å². The number of amides is 1. The maximum atomic E-state index is 12.0. The third-order valence-corrected chi connectivity index (χ3v) is 5.38. The van der Waals surface area contributed by atoms with Gasteiger partial charge in [-0.3, -0.25) is 4.79 Å². The minimum Gasteiger partial charge on any atom is -0.490 e. The van der Waals surface area contributed by atoms with Gasteiger partial charge in [0, 0.05) is 12.6 Å². The van der Waals surface area contributed by atoms with Crippen molar-refractivity contribution in [3.8, 4) is 11.5 Å². The fourth-order valence-electron chi connectivity index (χ4n) is 3.46. The summed E-state index contributed by atoms with van der Waals surface area (Å²) in [5.41, 5.74) is 7.69. The van der Waals surface area contributed by atoms with E-state index in [2.05, 4.69) is 24.4 Å². The number of para-hydroxylation sites is 1. The minimum atomic E-state index is -0.766. The van der Waals surface area contributed by atoms with Crippen LogP contribution in [-0.2, 0) is 6.42 Å². The highest BCUT2D eigenvalue weighted by Gasteiger charge is 2.16. The largest absolute Gasteiger partial charge is 0.490 e. The van der Waals surface area contributed by atoms with E-state index in [9.17, 15) is 9.90 Å². The molecular formula is C27H32N2O4. The van der Waals surface area contributed by atoms with Gasteiger partial charge in [-0.1, -0.05) is 54.6 Å². The van der Waals surface area contributed by atoms with E-state index in [1.165, 1.54) is 5.56 Å². The average Bonchev–Trinajstić information content (AvgIpc) is 2.85. The summed E-state index contributed by atoms with van der Waals surface area (Å²) >= 11 is 0. The Bertz CT molecular complexity index is 996. The number of carbonyl (C=O) groups is 1. The van der Waals surface area contributed by atoms with Crippen LogP contribution < -0.4 is 20.5 Å². The molecular weight excluding hydrogens is 416 g/mol. The number of aliphatic hydroxyl groups is 1. The number of hydrogen-bond donors (Lipinski definition) is 3. The predicted molar refractivity (Wildman–Crippen MR) is 130 cm³/mol. The van der Waals surface area contributed by atoms with Gasteiger partial charge in [0.15, 0.2) is 0 Å². The number of ether oxygens (including phenoxy) is 2. The van der Waals surface area contributed by atoms with Crippen LogP contribution in [0.15, 0.2) is 78.9 Å². The Kier molecular flexibility index (Phi) is 9.30. The molecule has 33 heavy (non-hydrogen) atoms. The summed E-state index contributed by atoms with van der Waals surface area (Å²) in [6, 6.07) is 25.0. The summed E-state index contributed by atoms with van der Waals surface area (Å²) in [7, 11) is 0. The summed E-state index contributed by atoms with van der Waals surface area (Å²) < 4.78 is 11.3. The summed E-state index contributed by atoms with van der Waals surface area (Å²) in [4.78, 5) is 12.0. The topological polar surface area (TPSA) is 93.8 Å². The number of benzene rings is 3. The smallest absolute Gasteiger partial charge is 0.252 e. The molecule has 2 unspecified atom stereocenters. The monoisotopic (exact) mass is 448 g/mol. The zero-order valence-electron chi connectivity index (χ0n) is 18.9. The van der Waals surface area contributed by atoms with Gasteiger partial charge in [0.1, 0.15) is 24.7 Å². The highest BCUT2D eigenvalue weighted by molar-refractivity contribution is 5.95. The molecule has 0 aliphatic carbocycles. The van der Waals surface area contributed by atoms with E-state index in [0.29, 0.717) is 24.5 Å². The third kappa shape index (κ3) is 7.93. The van der Waals surface area contributed by atoms with Crippen molar-refractivity contribution in [3.63, 3.8) is 0 Å². The molecule has 0 aliphatic rings. The Morgan fingerprint density at radius 3 is 2.33 bits per heavy atom. The number of nitrogens with one attached hydrogen (secondary N) is 1. The Balaban J connectivity index is 1.49. The second-order valence-corrected chi connectivity index (χ2v) is 7.98. The van der Waals surface area contributed by atoms with E-state index < -0.39 is 12.0 Å². The van der Waals surface area contributed by atoms with E-state index in [1.807, 2.05) is 48.5 Å². The van der Waals surface area contributed by atoms with Crippen molar-refractivity contribution in [1.82, 2.24) is 5.32 Å². The van der Waals surface area contributed by atoms with Gasteiger partial charge in [-0.25, -0.2) is 0 Å². The molecule has 3 rings (SSSR count). The van der Waals surface area contributed by atoms with Crippen LogP contribution in [0.25, 0.3) is 0 Å². The number of aryl methyl sites for hydroxylation is 1. The van der Waals surface area contributed by atoms with Crippen molar-refractivity contribution < 1.29 is 19.4 Å². The first-order valence-electron chi connectivity index (χ1n) is 11.2. The Morgan fingerprint density at radius 2 is 1.64 bits per heavy atom. The second kappa shape index (κ2) is 12.6. The van der Waals surface area contributed by atoms with Gasteiger partial charge in [0.25, 0.3) is 5.91 Å². The van der Waals surface area contributed by atoms with Gasteiger partial charge in [-0.15, -0.1) is 0 Å². The number of primary amides is 1. The molecule has 0 radical (unpaired) electrons. The third-order valence-electron chi connectivity index (χ3n) is 5.38.